The normalized spacial score (nSPS) is 12.9. The molecule has 1 unspecified atom stereocenters. The lowest BCUT2D eigenvalue weighted by molar-refractivity contribution is 0.577. The van der Waals surface area contributed by atoms with Gasteiger partial charge in [-0.05, 0) is 30.4 Å². The lowest BCUT2D eigenvalue weighted by Crippen LogP contribution is -2.12. The Morgan fingerprint density at radius 2 is 2.23 bits per heavy atom. The second-order valence-electron chi connectivity index (χ2n) is 2.78. The third-order valence-electron chi connectivity index (χ3n) is 1.80. The standard InChI is InChI=1S/C9H11ClFNS/c10-6-1-2-8(11)7(5-6)9(12)3-4-13/h1-2,5,9,13H,3-4,12H2. The van der Waals surface area contributed by atoms with Crippen LogP contribution in [0.25, 0.3) is 0 Å². The Morgan fingerprint density at radius 1 is 1.54 bits per heavy atom. The molecule has 0 aliphatic carbocycles. The molecule has 1 aromatic rings. The van der Waals surface area contributed by atoms with Crippen molar-refractivity contribution >= 4 is 24.2 Å². The van der Waals surface area contributed by atoms with Crippen molar-refractivity contribution in [1.82, 2.24) is 0 Å². The maximum Gasteiger partial charge on any atom is 0.128 e. The second kappa shape index (κ2) is 4.84. The molecule has 72 valence electrons. The molecule has 1 nitrogen and oxygen atoms in total. The highest BCUT2D eigenvalue weighted by atomic mass is 35.5. The van der Waals surface area contributed by atoms with Crippen LogP contribution < -0.4 is 5.73 Å². The van der Waals surface area contributed by atoms with Gasteiger partial charge >= 0.3 is 0 Å². The Kier molecular flexibility index (Phi) is 4.03. The van der Waals surface area contributed by atoms with Gasteiger partial charge in [0.1, 0.15) is 5.82 Å². The molecule has 0 aromatic heterocycles. The van der Waals surface area contributed by atoms with Crippen LogP contribution in [0.4, 0.5) is 4.39 Å². The molecule has 0 spiro atoms. The molecule has 0 saturated heterocycles. The van der Waals surface area contributed by atoms with Gasteiger partial charge in [-0.3, -0.25) is 0 Å². The maximum absolute atomic E-state index is 13.2. The predicted octanol–water partition coefficient (Wildman–Crippen LogP) is 2.80. The Hall–Kier alpha value is -0.250. The van der Waals surface area contributed by atoms with E-state index in [1.807, 2.05) is 0 Å². The number of hydrogen-bond donors (Lipinski definition) is 2. The molecular formula is C9H11ClFNS. The second-order valence-corrected chi connectivity index (χ2v) is 3.67. The summed E-state index contributed by atoms with van der Waals surface area (Å²) < 4.78 is 13.2. The van der Waals surface area contributed by atoms with Crippen LogP contribution in [-0.2, 0) is 0 Å². The molecule has 0 saturated carbocycles. The molecule has 1 aromatic carbocycles. The fourth-order valence-corrected chi connectivity index (χ4v) is 1.55. The van der Waals surface area contributed by atoms with Gasteiger partial charge in [0.05, 0.1) is 0 Å². The van der Waals surface area contributed by atoms with Crippen LogP contribution in [0, 0.1) is 5.82 Å². The minimum Gasteiger partial charge on any atom is -0.324 e. The summed E-state index contributed by atoms with van der Waals surface area (Å²) in [4.78, 5) is 0. The molecular weight excluding hydrogens is 209 g/mol. The number of benzene rings is 1. The van der Waals surface area contributed by atoms with E-state index in [9.17, 15) is 4.39 Å². The van der Waals surface area contributed by atoms with Crippen LogP contribution in [0.2, 0.25) is 5.02 Å². The SMILES string of the molecule is NC(CCS)c1cc(Cl)ccc1F. The monoisotopic (exact) mass is 219 g/mol. The Labute approximate surface area is 87.5 Å². The van der Waals surface area contributed by atoms with Crippen LogP contribution in [-0.4, -0.2) is 5.75 Å². The molecule has 13 heavy (non-hydrogen) atoms. The minimum absolute atomic E-state index is 0.307. The summed E-state index contributed by atoms with van der Waals surface area (Å²) in [6.07, 6.45) is 0.639. The van der Waals surface area contributed by atoms with Gasteiger partial charge in [-0.1, -0.05) is 11.6 Å². The zero-order valence-electron chi connectivity index (χ0n) is 7.00. The number of rotatable bonds is 3. The van der Waals surface area contributed by atoms with E-state index >= 15 is 0 Å². The first-order valence-corrected chi connectivity index (χ1v) is 4.97. The van der Waals surface area contributed by atoms with E-state index in [2.05, 4.69) is 12.6 Å². The van der Waals surface area contributed by atoms with Gasteiger partial charge in [-0.25, -0.2) is 4.39 Å². The largest absolute Gasteiger partial charge is 0.324 e. The Balaban J connectivity index is 2.91. The summed E-state index contributed by atoms with van der Waals surface area (Å²) in [6, 6.07) is 4.07. The van der Waals surface area contributed by atoms with E-state index in [4.69, 9.17) is 17.3 Å². The van der Waals surface area contributed by atoms with Crippen LogP contribution >= 0.6 is 24.2 Å². The molecule has 0 amide bonds. The summed E-state index contributed by atoms with van der Waals surface area (Å²) >= 11 is 9.75. The first-order valence-electron chi connectivity index (χ1n) is 3.96. The summed E-state index contributed by atoms with van der Waals surface area (Å²) in [5, 5.41) is 0.506. The zero-order valence-corrected chi connectivity index (χ0v) is 8.65. The Morgan fingerprint density at radius 3 is 2.85 bits per heavy atom. The van der Waals surface area contributed by atoms with E-state index in [0.717, 1.165) is 0 Å². The van der Waals surface area contributed by atoms with Crippen LogP contribution in [0.3, 0.4) is 0 Å². The third-order valence-corrected chi connectivity index (χ3v) is 2.29. The van der Waals surface area contributed by atoms with Gasteiger partial charge in [0, 0.05) is 16.6 Å². The maximum atomic E-state index is 13.2. The van der Waals surface area contributed by atoms with Crippen molar-refractivity contribution in [3.05, 3.63) is 34.6 Å². The van der Waals surface area contributed by atoms with Gasteiger partial charge in [0.15, 0.2) is 0 Å². The molecule has 1 rings (SSSR count). The van der Waals surface area contributed by atoms with Crippen LogP contribution in [0.15, 0.2) is 18.2 Å². The fraction of sp³-hybridized carbons (Fsp3) is 0.333. The smallest absolute Gasteiger partial charge is 0.128 e. The van der Waals surface area contributed by atoms with Gasteiger partial charge < -0.3 is 5.73 Å². The van der Waals surface area contributed by atoms with E-state index in [0.29, 0.717) is 22.8 Å². The first kappa shape index (κ1) is 10.8. The van der Waals surface area contributed by atoms with Gasteiger partial charge in [0.25, 0.3) is 0 Å². The van der Waals surface area contributed by atoms with Gasteiger partial charge in [-0.15, -0.1) is 0 Å². The summed E-state index contributed by atoms with van der Waals surface area (Å²) in [7, 11) is 0. The fourth-order valence-electron chi connectivity index (χ4n) is 1.09. The van der Waals surface area contributed by atoms with Crippen molar-refractivity contribution in [2.75, 3.05) is 5.75 Å². The van der Waals surface area contributed by atoms with Crippen molar-refractivity contribution < 1.29 is 4.39 Å². The van der Waals surface area contributed by atoms with E-state index in [1.165, 1.54) is 12.1 Å². The number of nitrogens with two attached hydrogens (primary N) is 1. The summed E-state index contributed by atoms with van der Waals surface area (Å²) in [6.45, 7) is 0. The number of thiol groups is 1. The average Bonchev–Trinajstić information content (AvgIpc) is 2.09. The number of halogens is 2. The highest BCUT2D eigenvalue weighted by molar-refractivity contribution is 7.80. The summed E-state index contributed by atoms with van der Waals surface area (Å²) in [5.41, 5.74) is 6.19. The van der Waals surface area contributed by atoms with E-state index in [-0.39, 0.29) is 11.9 Å². The molecule has 0 radical (unpaired) electrons. The van der Waals surface area contributed by atoms with Crippen LogP contribution in [0.1, 0.15) is 18.0 Å². The quantitative estimate of drug-likeness (QED) is 0.752. The average molecular weight is 220 g/mol. The summed E-state index contributed by atoms with van der Waals surface area (Å²) in [5.74, 6) is 0.325. The molecule has 0 heterocycles. The van der Waals surface area contributed by atoms with E-state index in [1.54, 1.807) is 6.07 Å². The predicted molar refractivity (Wildman–Crippen MR) is 56.8 cm³/mol. The third kappa shape index (κ3) is 2.86. The molecule has 4 heteroatoms. The van der Waals surface area contributed by atoms with Crippen molar-refractivity contribution in [3.8, 4) is 0 Å². The Bertz CT molecular complexity index is 293. The lowest BCUT2D eigenvalue weighted by atomic mass is 10.1. The first-order chi connectivity index (χ1) is 6.15. The van der Waals surface area contributed by atoms with Crippen molar-refractivity contribution in [1.29, 1.82) is 0 Å². The van der Waals surface area contributed by atoms with E-state index < -0.39 is 0 Å². The molecule has 2 N–H and O–H groups in total. The van der Waals surface area contributed by atoms with Crippen molar-refractivity contribution in [2.24, 2.45) is 5.73 Å². The lowest BCUT2D eigenvalue weighted by Gasteiger charge is -2.11. The van der Waals surface area contributed by atoms with Crippen molar-refractivity contribution in [2.45, 2.75) is 12.5 Å². The minimum atomic E-state index is -0.323. The highest BCUT2D eigenvalue weighted by Crippen LogP contribution is 2.22. The molecule has 0 aliphatic rings. The highest BCUT2D eigenvalue weighted by Gasteiger charge is 2.10. The molecule has 1 atom stereocenters. The topological polar surface area (TPSA) is 26.0 Å². The molecule has 0 fully saturated rings. The zero-order chi connectivity index (χ0) is 9.84. The molecule has 0 aliphatic heterocycles. The number of hydrogen-bond acceptors (Lipinski definition) is 2. The van der Waals surface area contributed by atoms with Gasteiger partial charge in [0.2, 0.25) is 0 Å². The van der Waals surface area contributed by atoms with Crippen molar-refractivity contribution in [3.63, 3.8) is 0 Å². The van der Waals surface area contributed by atoms with Gasteiger partial charge in [-0.2, -0.15) is 12.6 Å². The van der Waals surface area contributed by atoms with Crippen LogP contribution in [0.5, 0.6) is 0 Å². The molecule has 0 bridgehead atoms.